The number of carbonyl (C=O) groups excluding carboxylic acids is 1. The molecule has 23 heavy (non-hydrogen) atoms. The molecule has 0 aliphatic carbocycles. The standard InChI is InChI=1S/C19H23N3O/c1-13(21-17-11-9-16(20)10-12-17)22-18(23)14-5-7-15(8-6-14)19(2,3)4/h5-12H,20H2,1-4H3,(H,21,22,23). The van der Waals surface area contributed by atoms with E-state index in [9.17, 15) is 4.79 Å². The van der Waals surface area contributed by atoms with Crippen LogP contribution in [0.15, 0.2) is 53.5 Å². The Hall–Kier alpha value is -2.62. The van der Waals surface area contributed by atoms with Crippen molar-refractivity contribution < 1.29 is 4.79 Å². The summed E-state index contributed by atoms with van der Waals surface area (Å²) in [6, 6.07) is 14.8. The molecule has 0 atom stereocenters. The van der Waals surface area contributed by atoms with Crippen LogP contribution in [0.25, 0.3) is 0 Å². The third-order valence-corrected chi connectivity index (χ3v) is 3.50. The lowest BCUT2D eigenvalue weighted by Crippen LogP contribution is -2.28. The van der Waals surface area contributed by atoms with Crippen LogP contribution in [0.5, 0.6) is 0 Å². The zero-order chi connectivity index (χ0) is 17.0. The first kappa shape index (κ1) is 16.7. The Labute approximate surface area is 137 Å². The van der Waals surface area contributed by atoms with Crippen LogP contribution in [0.2, 0.25) is 0 Å². The SMILES string of the molecule is CC(=Nc1ccc(N)cc1)NC(=O)c1ccc(C(C)(C)C)cc1. The first-order chi connectivity index (χ1) is 10.8. The van der Waals surface area contributed by atoms with Crippen molar-refractivity contribution in [1.29, 1.82) is 0 Å². The fourth-order valence-electron chi connectivity index (χ4n) is 2.13. The molecule has 2 aromatic carbocycles. The number of rotatable bonds is 2. The second-order valence-corrected chi connectivity index (χ2v) is 6.57. The van der Waals surface area contributed by atoms with Crippen molar-refractivity contribution in [2.75, 3.05) is 5.73 Å². The molecule has 0 aromatic heterocycles. The molecule has 0 saturated carbocycles. The highest BCUT2D eigenvalue weighted by Gasteiger charge is 2.14. The molecule has 4 heteroatoms. The van der Waals surface area contributed by atoms with Crippen LogP contribution in [0.1, 0.15) is 43.6 Å². The van der Waals surface area contributed by atoms with Crippen molar-refractivity contribution >= 4 is 23.1 Å². The van der Waals surface area contributed by atoms with E-state index in [2.05, 4.69) is 31.1 Å². The van der Waals surface area contributed by atoms with E-state index in [1.54, 1.807) is 19.1 Å². The van der Waals surface area contributed by atoms with Crippen molar-refractivity contribution in [3.05, 3.63) is 59.7 Å². The van der Waals surface area contributed by atoms with Crippen LogP contribution in [-0.2, 0) is 5.41 Å². The second-order valence-electron chi connectivity index (χ2n) is 6.57. The number of amides is 1. The van der Waals surface area contributed by atoms with Gasteiger partial charge in [0, 0.05) is 11.3 Å². The topological polar surface area (TPSA) is 67.5 Å². The number of amidine groups is 1. The zero-order valence-corrected chi connectivity index (χ0v) is 14.1. The number of nitrogens with zero attached hydrogens (tertiary/aromatic N) is 1. The van der Waals surface area contributed by atoms with E-state index < -0.39 is 0 Å². The molecular weight excluding hydrogens is 286 g/mol. The first-order valence-electron chi connectivity index (χ1n) is 7.58. The number of anilines is 1. The van der Waals surface area contributed by atoms with E-state index >= 15 is 0 Å². The highest BCUT2D eigenvalue weighted by molar-refractivity contribution is 6.06. The average Bonchev–Trinajstić information content (AvgIpc) is 2.49. The van der Waals surface area contributed by atoms with Crippen LogP contribution in [-0.4, -0.2) is 11.7 Å². The Bertz CT molecular complexity index is 708. The van der Waals surface area contributed by atoms with Gasteiger partial charge in [0.2, 0.25) is 0 Å². The van der Waals surface area contributed by atoms with Gasteiger partial charge in [-0.2, -0.15) is 0 Å². The number of nitrogens with one attached hydrogen (secondary N) is 1. The Morgan fingerprint density at radius 3 is 2.09 bits per heavy atom. The van der Waals surface area contributed by atoms with E-state index in [0.717, 1.165) is 5.69 Å². The highest BCUT2D eigenvalue weighted by atomic mass is 16.1. The van der Waals surface area contributed by atoms with Gasteiger partial charge in [0.25, 0.3) is 5.91 Å². The Balaban J connectivity index is 2.07. The summed E-state index contributed by atoms with van der Waals surface area (Å²) < 4.78 is 0. The highest BCUT2D eigenvalue weighted by Crippen LogP contribution is 2.22. The van der Waals surface area contributed by atoms with Gasteiger partial charge >= 0.3 is 0 Å². The second kappa shape index (κ2) is 6.65. The molecule has 3 N–H and O–H groups in total. The summed E-state index contributed by atoms with van der Waals surface area (Å²) in [4.78, 5) is 16.6. The largest absolute Gasteiger partial charge is 0.399 e. The summed E-state index contributed by atoms with van der Waals surface area (Å²) in [7, 11) is 0. The molecule has 0 fully saturated rings. The Morgan fingerprint density at radius 2 is 1.57 bits per heavy atom. The van der Waals surface area contributed by atoms with Crippen molar-refractivity contribution in [2.45, 2.75) is 33.1 Å². The number of carbonyl (C=O) groups is 1. The number of nitrogen functional groups attached to an aromatic ring is 1. The third kappa shape index (κ3) is 4.68. The van der Waals surface area contributed by atoms with Crippen molar-refractivity contribution in [2.24, 2.45) is 4.99 Å². The van der Waals surface area contributed by atoms with Crippen LogP contribution in [0.3, 0.4) is 0 Å². The lowest BCUT2D eigenvalue weighted by molar-refractivity contribution is 0.0977. The molecule has 0 bridgehead atoms. The maximum Gasteiger partial charge on any atom is 0.256 e. The molecule has 0 radical (unpaired) electrons. The maximum atomic E-state index is 12.2. The average molecular weight is 309 g/mol. The fraction of sp³-hybridized carbons (Fsp3) is 0.263. The molecule has 2 aromatic rings. The number of hydrogen-bond acceptors (Lipinski definition) is 3. The van der Waals surface area contributed by atoms with Gasteiger partial charge in [-0.1, -0.05) is 32.9 Å². The molecule has 0 aliphatic heterocycles. The van der Waals surface area contributed by atoms with Crippen molar-refractivity contribution in [1.82, 2.24) is 5.32 Å². The predicted octanol–water partition coefficient (Wildman–Crippen LogP) is 4.05. The minimum absolute atomic E-state index is 0.0710. The molecule has 0 aliphatic rings. The van der Waals surface area contributed by atoms with E-state index in [4.69, 9.17) is 5.73 Å². The third-order valence-electron chi connectivity index (χ3n) is 3.50. The van der Waals surface area contributed by atoms with Crippen LogP contribution < -0.4 is 11.1 Å². The lowest BCUT2D eigenvalue weighted by atomic mass is 9.87. The van der Waals surface area contributed by atoms with Crippen LogP contribution in [0.4, 0.5) is 11.4 Å². The molecule has 0 heterocycles. The normalized spacial score (nSPS) is 12.1. The van der Waals surface area contributed by atoms with Gasteiger partial charge in [-0.05, 0) is 54.3 Å². The number of hydrogen-bond donors (Lipinski definition) is 2. The van der Waals surface area contributed by atoms with E-state index in [-0.39, 0.29) is 11.3 Å². The van der Waals surface area contributed by atoms with Gasteiger partial charge in [-0.25, -0.2) is 4.99 Å². The summed E-state index contributed by atoms with van der Waals surface area (Å²) in [5.41, 5.74) is 8.96. The van der Waals surface area contributed by atoms with Gasteiger partial charge in [0.1, 0.15) is 5.84 Å². The van der Waals surface area contributed by atoms with Gasteiger partial charge in [-0.15, -0.1) is 0 Å². The molecule has 0 saturated heterocycles. The fourth-order valence-corrected chi connectivity index (χ4v) is 2.13. The molecule has 120 valence electrons. The Morgan fingerprint density at radius 1 is 1.00 bits per heavy atom. The number of benzene rings is 2. The molecule has 0 spiro atoms. The monoisotopic (exact) mass is 309 g/mol. The molecule has 2 rings (SSSR count). The summed E-state index contributed by atoms with van der Waals surface area (Å²) in [6.45, 7) is 8.19. The quantitative estimate of drug-likeness (QED) is 0.499. The molecular formula is C19H23N3O. The summed E-state index contributed by atoms with van der Waals surface area (Å²) in [5.74, 6) is 0.377. The summed E-state index contributed by atoms with van der Waals surface area (Å²) >= 11 is 0. The first-order valence-corrected chi connectivity index (χ1v) is 7.58. The summed E-state index contributed by atoms with van der Waals surface area (Å²) in [5, 5.41) is 2.80. The molecule has 1 amide bonds. The smallest absolute Gasteiger partial charge is 0.256 e. The van der Waals surface area contributed by atoms with Crippen LogP contribution >= 0.6 is 0 Å². The van der Waals surface area contributed by atoms with Crippen molar-refractivity contribution in [3.8, 4) is 0 Å². The van der Waals surface area contributed by atoms with E-state index in [1.165, 1.54) is 5.56 Å². The van der Waals surface area contributed by atoms with Crippen molar-refractivity contribution in [3.63, 3.8) is 0 Å². The predicted molar refractivity (Wildman–Crippen MR) is 96.2 cm³/mol. The van der Waals surface area contributed by atoms with E-state index in [0.29, 0.717) is 17.1 Å². The number of aliphatic imine (C=N–C) groups is 1. The zero-order valence-electron chi connectivity index (χ0n) is 14.1. The minimum Gasteiger partial charge on any atom is -0.399 e. The lowest BCUT2D eigenvalue weighted by Gasteiger charge is -2.19. The molecule has 0 unspecified atom stereocenters. The maximum absolute atomic E-state index is 12.2. The van der Waals surface area contributed by atoms with Gasteiger partial charge in [0.05, 0.1) is 5.69 Å². The molecule has 4 nitrogen and oxygen atoms in total. The Kier molecular flexibility index (Phi) is 4.84. The van der Waals surface area contributed by atoms with Gasteiger partial charge in [-0.3, -0.25) is 4.79 Å². The minimum atomic E-state index is -0.165. The number of nitrogens with two attached hydrogens (primary N) is 1. The van der Waals surface area contributed by atoms with Crippen LogP contribution in [0, 0.1) is 0 Å². The summed E-state index contributed by atoms with van der Waals surface area (Å²) in [6.07, 6.45) is 0. The van der Waals surface area contributed by atoms with Gasteiger partial charge < -0.3 is 11.1 Å². The van der Waals surface area contributed by atoms with Gasteiger partial charge in [0.15, 0.2) is 0 Å². The van der Waals surface area contributed by atoms with E-state index in [1.807, 2.05) is 36.4 Å².